The fourth-order valence-electron chi connectivity index (χ4n) is 7.01. The topological polar surface area (TPSA) is 6.48 Å². The second-order valence-electron chi connectivity index (χ2n) is 14.0. The molecule has 238 valence electrons. The lowest BCUT2D eigenvalue weighted by Gasteiger charge is -2.43. The van der Waals surface area contributed by atoms with Gasteiger partial charge in [0.25, 0.3) is 0 Å². The number of nitrogens with zero attached hydrogens (tertiary/aromatic N) is 2. The number of hydrogen-bond donors (Lipinski definition) is 0. The van der Waals surface area contributed by atoms with Gasteiger partial charge in [0.1, 0.15) is 0 Å². The predicted octanol–water partition coefficient (Wildman–Crippen LogP) is 13.2. The van der Waals surface area contributed by atoms with Crippen LogP contribution in [0.5, 0.6) is 0 Å². The number of hydrogen-bond acceptors (Lipinski definition) is 2. The number of para-hydroxylation sites is 1. The normalized spacial score (nSPS) is 12.9. The van der Waals surface area contributed by atoms with Gasteiger partial charge in [0.05, 0.1) is 11.2 Å². The van der Waals surface area contributed by atoms with E-state index in [1.165, 1.54) is 38.4 Å². The maximum atomic E-state index is 2.52. The van der Waals surface area contributed by atoms with Crippen molar-refractivity contribution in [3.05, 3.63) is 175 Å². The molecule has 0 aliphatic heterocycles. The molecule has 7 rings (SSSR count). The average Bonchev–Trinajstić information content (AvgIpc) is 3.12. The maximum absolute atomic E-state index is 2.52. The maximum Gasteiger partial charge on any atom is 0.0671 e. The Kier molecular flexibility index (Phi) is 8.27. The van der Waals surface area contributed by atoms with Crippen LogP contribution < -0.4 is 9.80 Å². The molecule has 7 aromatic rings. The Morgan fingerprint density at radius 3 is 1.67 bits per heavy atom. The van der Waals surface area contributed by atoms with Crippen LogP contribution in [-0.4, -0.2) is 0 Å². The lowest BCUT2D eigenvalue weighted by molar-refractivity contribution is 0.463. The molecule has 0 saturated heterocycles. The van der Waals surface area contributed by atoms with Gasteiger partial charge in [-0.2, -0.15) is 0 Å². The highest BCUT2D eigenvalue weighted by molar-refractivity contribution is 6.00. The van der Waals surface area contributed by atoms with Crippen LogP contribution in [-0.2, 0) is 11.0 Å². The fraction of sp³-hybridized carbons (Fsp3) is 0.174. The third-order valence-electron chi connectivity index (χ3n) is 9.93. The summed E-state index contributed by atoms with van der Waals surface area (Å²) in [6.07, 6.45) is 0.942. The van der Waals surface area contributed by atoms with Crippen molar-refractivity contribution in [2.24, 2.45) is 0 Å². The van der Waals surface area contributed by atoms with E-state index in [1.54, 1.807) is 0 Å². The van der Waals surface area contributed by atoms with Gasteiger partial charge in [-0.05, 0) is 101 Å². The van der Waals surface area contributed by atoms with E-state index in [0.29, 0.717) is 0 Å². The number of fused-ring (bicyclic) bond motifs is 2. The van der Waals surface area contributed by atoms with Crippen LogP contribution >= 0.6 is 0 Å². The smallest absolute Gasteiger partial charge is 0.0671 e. The number of benzene rings is 7. The minimum absolute atomic E-state index is 0.108. The molecule has 0 saturated carbocycles. The van der Waals surface area contributed by atoms with Crippen molar-refractivity contribution in [2.45, 2.75) is 52.0 Å². The molecule has 0 spiro atoms. The summed E-state index contributed by atoms with van der Waals surface area (Å²) < 4.78 is 0. The van der Waals surface area contributed by atoms with E-state index in [1.807, 2.05) is 0 Å². The molecule has 0 radical (unpaired) electrons. The molecule has 1 unspecified atom stereocenters. The minimum atomic E-state index is -0.271. The van der Waals surface area contributed by atoms with Crippen molar-refractivity contribution in [2.75, 3.05) is 9.80 Å². The molecule has 0 aliphatic carbocycles. The average molecular weight is 625 g/mol. The zero-order valence-corrected chi connectivity index (χ0v) is 28.7. The highest BCUT2D eigenvalue weighted by Gasteiger charge is 2.34. The summed E-state index contributed by atoms with van der Waals surface area (Å²) in [5.74, 6) is 0. The first-order valence-electron chi connectivity index (χ1n) is 17.1. The van der Waals surface area contributed by atoms with Gasteiger partial charge in [-0.25, -0.2) is 0 Å². The summed E-state index contributed by atoms with van der Waals surface area (Å²) in [7, 11) is 0. The Hall–Kier alpha value is -5.34. The van der Waals surface area contributed by atoms with Gasteiger partial charge >= 0.3 is 0 Å². The monoisotopic (exact) mass is 624 g/mol. The highest BCUT2D eigenvalue weighted by atomic mass is 15.2. The van der Waals surface area contributed by atoms with Gasteiger partial charge < -0.3 is 9.80 Å². The van der Waals surface area contributed by atoms with E-state index in [9.17, 15) is 0 Å². The van der Waals surface area contributed by atoms with E-state index >= 15 is 0 Å². The Morgan fingerprint density at radius 2 is 0.979 bits per heavy atom. The van der Waals surface area contributed by atoms with E-state index in [0.717, 1.165) is 29.2 Å². The summed E-state index contributed by atoms with van der Waals surface area (Å²) in [5.41, 5.74) is 8.24. The first-order valence-corrected chi connectivity index (χ1v) is 17.1. The molecule has 7 aromatic carbocycles. The van der Waals surface area contributed by atoms with Gasteiger partial charge in [0.15, 0.2) is 0 Å². The van der Waals surface area contributed by atoms with E-state index < -0.39 is 0 Å². The summed E-state index contributed by atoms with van der Waals surface area (Å²) >= 11 is 0. The summed E-state index contributed by atoms with van der Waals surface area (Å²) in [4.78, 5) is 4.91. The molecule has 0 aliphatic rings. The van der Waals surface area contributed by atoms with Crippen molar-refractivity contribution in [1.29, 1.82) is 0 Å². The van der Waals surface area contributed by atoms with Gasteiger partial charge in [-0.15, -0.1) is 0 Å². The summed E-state index contributed by atoms with van der Waals surface area (Å²) in [6, 6.07) is 59.8. The Morgan fingerprint density at radius 1 is 0.438 bits per heavy atom. The van der Waals surface area contributed by atoms with Crippen LogP contribution in [0.2, 0.25) is 0 Å². The first kappa shape index (κ1) is 31.3. The molecule has 0 aromatic heterocycles. The Balaban J connectivity index is 1.36. The molecule has 2 nitrogen and oxygen atoms in total. The molecule has 0 heterocycles. The zero-order chi connectivity index (χ0) is 33.3. The molecule has 0 fully saturated rings. The minimum Gasteiger partial charge on any atom is -0.331 e. The van der Waals surface area contributed by atoms with Crippen molar-refractivity contribution in [1.82, 2.24) is 0 Å². The lowest BCUT2D eigenvalue weighted by Crippen LogP contribution is -2.40. The first-order chi connectivity index (χ1) is 23.3. The molecular formula is C46H44N2. The zero-order valence-electron chi connectivity index (χ0n) is 28.7. The number of rotatable bonds is 8. The molecule has 48 heavy (non-hydrogen) atoms. The lowest BCUT2D eigenvalue weighted by atomic mass is 9.82. The SMILES string of the molecule is CCC(C)(c1ccc(C(C)(C)C)cc1)N(c1ccccc1)c1ccc(N(c2ccc3ccccc3c2)c2cccc3ccccc23)cc1. The van der Waals surface area contributed by atoms with Crippen molar-refractivity contribution < 1.29 is 0 Å². The molecule has 2 heteroatoms. The third kappa shape index (κ3) is 5.84. The predicted molar refractivity (Wildman–Crippen MR) is 208 cm³/mol. The molecule has 0 N–H and O–H groups in total. The van der Waals surface area contributed by atoms with Crippen molar-refractivity contribution in [3.8, 4) is 0 Å². The Bertz CT molecular complexity index is 2150. The van der Waals surface area contributed by atoms with Gasteiger partial charge in [-0.3, -0.25) is 0 Å². The summed E-state index contributed by atoms with van der Waals surface area (Å²) in [5, 5.41) is 4.91. The third-order valence-corrected chi connectivity index (χ3v) is 9.93. The van der Waals surface area contributed by atoms with Crippen LogP contribution in [0.25, 0.3) is 21.5 Å². The van der Waals surface area contributed by atoms with Crippen LogP contribution in [0.15, 0.2) is 164 Å². The van der Waals surface area contributed by atoms with Crippen molar-refractivity contribution >= 4 is 50.0 Å². The van der Waals surface area contributed by atoms with Crippen LogP contribution in [0.4, 0.5) is 28.4 Å². The quantitative estimate of drug-likeness (QED) is 0.166. The second kappa shape index (κ2) is 12.7. The molecule has 0 amide bonds. The molecular weight excluding hydrogens is 581 g/mol. The molecule has 0 bridgehead atoms. The Labute approximate surface area is 285 Å². The second-order valence-corrected chi connectivity index (χ2v) is 14.0. The fourth-order valence-corrected chi connectivity index (χ4v) is 7.01. The molecule has 1 atom stereocenters. The number of anilines is 5. The van der Waals surface area contributed by atoms with Gasteiger partial charge in [0, 0.05) is 28.1 Å². The van der Waals surface area contributed by atoms with E-state index in [-0.39, 0.29) is 11.0 Å². The van der Waals surface area contributed by atoms with Crippen LogP contribution in [0.1, 0.15) is 52.2 Å². The standard InChI is InChI=1S/C46H44N2/c1-6-46(5,38-26-24-37(25-27-38)45(2,3)4)48(40-19-8-7-9-20-40)41-31-29-39(30-32-41)47(42-28-23-34-15-10-11-17-36(34)33-42)44-22-14-18-35-16-12-13-21-43(35)44/h7-33H,6H2,1-5H3. The van der Waals surface area contributed by atoms with Gasteiger partial charge in [0.2, 0.25) is 0 Å². The van der Waals surface area contributed by atoms with Gasteiger partial charge in [-0.1, -0.05) is 137 Å². The van der Waals surface area contributed by atoms with E-state index in [4.69, 9.17) is 0 Å². The largest absolute Gasteiger partial charge is 0.331 e. The van der Waals surface area contributed by atoms with E-state index in [2.05, 4.69) is 208 Å². The highest BCUT2D eigenvalue weighted by Crippen LogP contribution is 2.45. The summed E-state index contributed by atoms with van der Waals surface area (Å²) in [6.45, 7) is 11.5. The van der Waals surface area contributed by atoms with Crippen molar-refractivity contribution in [3.63, 3.8) is 0 Å². The van der Waals surface area contributed by atoms with Crippen LogP contribution in [0, 0.1) is 0 Å². The van der Waals surface area contributed by atoms with Crippen LogP contribution in [0.3, 0.4) is 0 Å².